The summed E-state index contributed by atoms with van der Waals surface area (Å²) < 4.78 is 48.6. The Hall–Kier alpha value is -1.76. The van der Waals surface area contributed by atoms with E-state index in [2.05, 4.69) is 0 Å². The van der Waals surface area contributed by atoms with Crippen LogP contribution in [-0.2, 0) is 10.9 Å². The summed E-state index contributed by atoms with van der Waals surface area (Å²) >= 11 is 0. The normalized spacial score (nSPS) is 11.4. The van der Waals surface area contributed by atoms with E-state index in [1.54, 1.807) is 0 Å². The second-order valence-corrected chi connectivity index (χ2v) is 3.91. The van der Waals surface area contributed by atoms with Gasteiger partial charge < -0.3 is 14.6 Å². The van der Waals surface area contributed by atoms with Crippen LogP contribution in [0.2, 0.25) is 0 Å². The first-order valence-electron chi connectivity index (χ1n) is 6.01. The highest BCUT2D eigenvalue weighted by molar-refractivity contribution is 5.88. The predicted octanol–water partition coefficient (Wildman–Crippen LogP) is 3.21. The van der Waals surface area contributed by atoms with Crippen molar-refractivity contribution >= 4 is 5.97 Å². The van der Waals surface area contributed by atoms with E-state index < -0.39 is 23.3 Å². The Kier molecular flexibility index (Phi) is 5.82. The van der Waals surface area contributed by atoms with E-state index in [0.717, 1.165) is 12.1 Å². The van der Waals surface area contributed by atoms with Crippen LogP contribution in [0.25, 0.3) is 0 Å². The maximum atomic E-state index is 12.8. The Balaban J connectivity index is 2.81. The molecule has 0 unspecified atom stereocenters. The van der Waals surface area contributed by atoms with Crippen molar-refractivity contribution in [3.8, 4) is 5.75 Å². The molecule has 1 aromatic rings. The molecule has 112 valence electrons. The van der Waals surface area contributed by atoms with Crippen LogP contribution in [0.15, 0.2) is 18.2 Å². The molecule has 0 saturated carbocycles. The Morgan fingerprint density at radius 3 is 2.55 bits per heavy atom. The number of ether oxygens (including phenoxy) is 2. The molecule has 0 heterocycles. The van der Waals surface area contributed by atoms with Crippen LogP contribution >= 0.6 is 0 Å². The van der Waals surface area contributed by atoms with Gasteiger partial charge in [0, 0.05) is 19.6 Å². The van der Waals surface area contributed by atoms with Gasteiger partial charge in [-0.3, -0.25) is 0 Å². The number of carboxylic acids is 1. The second kappa shape index (κ2) is 7.14. The van der Waals surface area contributed by atoms with Gasteiger partial charge in [-0.05, 0) is 25.1 Å². The van der Waals surface area contributed by atoms with Crippen LogP contribution in [0.5, 0.6) is 5.75 Å². The van der Waals surface area contributed by atoms with Gasteiger partial charge in [-0.15, -0.1) is 0 Å². The number of carbonyl (C=O) groups is 1. The lowest BCUT2D eigenvalue weighted by Crippen LogP contribution is -2.12. The average Bonchev–Trinajstić information content (AvgIpc) is 2.37. The molecule has 1 rings (SSSR count). The zero-order valence-electron chi connectivity index (χ0n) is 10.9. The van der Waals surface area contributed by atoms with E-state index in [4.69, 9.17) is 14.6 Å². The highest BCUT2D eigenvalue weighted by atomic mass is 19.4. The van der Waals surface area contributed by atoms with Crippen LogP contribution in [0.1, 0.15) is 29.3 Å². The number of rotatable bonds is 7. The van der Waals surface area contributed by atoms with Gasteiger partial charge in [0.05, 0.1) is 17.7 Å². The van der Waals surface area contributed by atoms with E-state index in [1.807, 2.05) is 6.92 Å². The smallest absolute Gasteiger partial charge is 0.419 e. The SMILES string of the molecule is CCOCCCOc1ccc(C(=O)O)cc1C(F)(F)F. The van der Waals surface area contributed by atoms with Crippen LogP contribution in [0.4, 0.5) is 13.2 Å². The molecule has 1 N–H and O–H groups in total. The Morgan fingerprint density at radius 2 is 2.00 bits per heavy atom. The third-order valence-corrected chi connectivity index (χ3v) is 2.43. The molecule has 0 spiro atoms. The molecule has 0 atom stereocenters. The average molecular weight is 292 g/mol. The van der Waals surface area contributed by atoms with Crippen molar-refractivity contribution in [3.63, 3.8) is 0 Å². The maximum Gasteiger partial charge on any atom is 0.419 e. The van der Waals surface area contributed by atoms with E-state index in [9.17, 15) is 18.0 Å². The number of benzene rings is 1. The van der Waals surface area contributed by atoms with Crippen molar-refractivity contribution in [1.29, 1.82) is 0 Å². The van der Waals surface area contributed by atoms with Gasteiger partial charge >= 0.3 is 12.1 Å². The van der Waals surface area contributed by atoms with Gasteiger partial charge in [0.2, 0.25) is 0 Å². The molecule has 7 heteroatoms. The van der Waals surface area contributed by atoms with Crippen molar-refractivity contribution in [2.75, 3.05) is 19.8 Å². The fourth-order valence-corrected chi connectivity index (χ4v) is 1.50. The van der Waals surface area contributed by atoms with Crippen LogP contribution in [0, 0.1) is 0 Å². The molecular formula is C13H15F3O4. The largest absolute Gasteiger partial charge is 0.493 e. The lowest BCUT2D eigenvalue weighted by atomic mass is 10.1. The maximum absolute atomic E-state index is 12.8. The molecule has 0 aliphatic carbocycles. The topological polar surface area (TPSA) is 55.8 Å². The second-order valence-electron chi connectivity index (χ2n) is 3.91. The fourth-order valence-electron chi connectivity index (χ4n) is 1.50. The van der Waals surface area contributed by atoms with Crippen molar-refractivity contribution in [3.05, 3.63) is 29.3 Å². The minimum Gasteiger partial charge on any atom is -0.493 e. The molecule has 0 saturated heterocycles. The number of carboxylic acid groups (broad SMARTS) is 1. The minimum atomic E-state index is -4.67. The molecule has 0 aromatic heterocycles. The fraction of sp³-hybridized carbons (Fsp3) is 0.462. The summed E-state index contributed by atoms with van der Waals surface area (Å²) in [5.41, 5.74) is -1.52. The quantitative estimate of drug-likeness (QED) is 0.784. The van der Waals surface area contributed by atoms with E-state index in [0.29, 0.717) is 25.7 Å². The van der Waals surface area contributed by atoms with Gasteiger partial charge in [-0.1, -0.05) is 0 Å². The van der Waals surface area contributed by atoms with Crippen LogP contribution in [0.3, 0.4) is 0 Å². The summed E-state index contributed by atoms with van der Waals surface area (Å²) in [5.74, 6) is -1.79. The standard InChI is InChI=1S/C13H15F3O4/c1-2-19-6-3-7-20-11-5-4-9(12(17)18)8-10(11)13(14,15)16/h4-5,8H,2-3,6-7H2,1H3,(H,17,18). The van der Waals surface area contributed by atoms with Gasteiger partial charge in [0.25, 0.3) is 0 Å². The van der Waals surface area contributed by atoms with Crippen LogP contribution in [-0.4, -0.2) is 30.9 Å². The third kappa shape index (κ3) is 4.73. The molecule has 20 heavy (non-hydrogen) atoms. The molecule has 0 aliphatic rings. The lowest BCUT2D eigenvalue weighted by Gasteiger charge is -2.14. The summed E-state index contributed by atoms with van der Waals surface area (Å²) in [6.45, 7) is 2.80. The predicted molar refractivity (Wildman–Crippen MR) is 65.0 cm³/mol. The zero-order chi connectivity index (χ0) is 15.2. The highest BCUT2D eigenvalue weighted by Gasteiger charge is 2.35. The number of hydrogen-bond donors (Lipinski definition) is 1. The van der Waals surface area contributed by atoms with Crippen molar-refractivity contribution in [2.24, 2.45) is 0 Å². The number of aromatic carboxylic acids is 1. The third-order valence-electron chi connectivity index (χ3n) is 2.43. The molecule has 4 nitrogen and oxygen atoms in total. The van der Waals surface area contributed by atoms with E-state index in [-0.39, 0.29) is 12.4 Å². The Labute approximate surface area is 114 Å². The zero-order valence-corrected chi connectivity index (χ0v) is 10.9. The first-order chi connectivity index (χ1) is 9.36. The molecule has 0 fully saturated rings. The van der Waals surface area contributed by atoms with Crippen molar-refractivity contribution in [2.45, 2.75) is 19.5 Å². The molecule has 0 aliphatic heterocycles. The molecule has 0 radical (unpaired) electrons. The summed E-state index contributed by atoms with van der Waals surface area (Å²) in [7, 11) is 0. The van der Waals surface area contributed by atoms with Crippen molar-refractivity contribution in [1.82, 2.24) is 0 Å². The monoisotopic (exact) mass is 292 g/mol. The van der Waals surface area contributed by atoms with E-state index in [1.165, 1.54) is 0 Å². The lowest BCUT2D eigenvalue weighted by molar-refractivity contribution is -0.139. The highest BCUT2D eigenvalue weighted by Crippen LogP contribution is 2.36. The van der Waals surface area contributed by atoms with E-state index >= 15 is 0 Å². The van der Waals surface area contributed by atoms with Gasteiger partial charge in [-0.25, -0.2) is 4.79 Å². The number of hydrogen-bond acceptors (Lipinski definition) is 3. The number of halogens is 3. The molecular weight excluding hydrogens is 277 g/mol. The first-order valence-corrected chi connectivity index (χ1v) is 6.01. The van der Waals surface area contributed by atoms with Crippen molar-refractivity contribution < 1.29 is 32.5 Å². The van der Waals surface area contributed by atoms with Crippen LogP contribution < -0.4 is 4.74 Å². The summed E-state index contributed by atoms with van der Waals surface area (Å²) in [5, 5.41) is 8.71. The van der Waals surface area contributed by atoms with Gasteiger partial charge in [0.1, 0.15) is 5.75 Å². The molecule has 0 amide bonds. The molecule has 0 bridgehead atoms. The molecule has 1 aromatic carbocycles. The summed E-state index contributed by atoms with van der Waals surface area (Å²) in [6.07, 6.45) is -4.22. The Bertz CT molecular complexity index is 457. The number of alkyl halides is 3. The van der Waals surface area contributed by atoms with Gasteiger partial charge in [-0.2, -0.15) is 13.2 Å². The Morgan fingerprint density at radius 1 is 1.30 bits per heavy atom. The first kappa shape index (κ1) is 16.3. The van der Waals surface area contributed by atoms with Gasteiger partial charge in [0.15, 0.2) is 0 Å². The summed E-state index contributed by atoms with van der Waals surface area (Å²) in [6, 6.07) is 2.67. The minimum absolute atomic E-state index is 0.0650. The summed E-state index contributed by atoms with van der Waals surface area (Å²) in [4.78, 5) is 10.7.